The number of nitrogens with zero attached hydrogens (tertiary/aromatic N) is 2. The second-order valence-corrected chi connectivity index (χ2v) is 12.6. The fourth-order valence-electron chi connectivity index (χ4n) is 4.49. The Balaban J connectivity index is 1.55. The lowest BCUT2D eigenvalue weighted by molar-refractivity contribution is 0.299. The van der Waals surface area contributed by atoms with Crippen molar-refractivity contribution in [2.75, 3.05) is 19.9 Å². The molecule has 0 saturated heterocycles. The van der Waals surface area contributed by atoms with E-state index in [1.165, 1.54) is 12.7 Å². The summed E-state index contributed by atoms with van der Waals surface area (Å²) in [5.41, 5.74) is 3.26. The minimum atomic E-state index is -3.13. The van der Waals surface area contributed by atoms with Crippen molar-refractivity contribution in [3.63, 3.8) is 0 Å². The zero-order valence-corrected chi connectivity index (χ0v) is 22.2. The van der Waals surface area contributed by atoms with Crippen molar-refractivity contribution in [1.82, 2.24) is 9.97 Å². The average Bonchev–Trinajstić information content (AvgIpc) is 3.67. The third-order valence-electron chi connectivity index (χ3n) is 6.32. The van der Waals surface area contributed by atoms with E-state index in [0.717, 1.165) is 18.4 Å². The standard InChI is InChI=1S/C28H34FN2O4P/c1-18(2)12-27-28(24-14-22(34-3)10-11-26(24)29)30-15-21(31-27)16-35-23-7-5-6-20(13-23)25(19-8-9-19)17-36(4,32)33/h5-7,10-11,13-15,18-19,25H,8-9,12,16-17H2,1-4H3,(H,32,33)/t25-/m0/s1. The van der Waals surface area contributed by atoms with E-state index in [1.54, 1.807) is 25.4 Å². The van der Waals surface area contributed by atoms with E-state index < -0.39 is 7.37 Å². The predicted octanol–water partition coefficient (Wildman–Crippen LogP) is 6.46. The Morgan fingerprint density at radius 2 is 1.94 bits per heavy atom. The van der Waals surface area contributed by atoms with E-state index in [1.807, 2.05) is 24.3 Å². The first kappa shape index (κ1) is 26.3. The smallest absolute Gasteiger partial charge is 0.198 e. The van der Waals surface area contributed by atoms with E-state index in [2.05, 4.69) is 18.8 Å². The van der Waals surface area contributed by atoms with Crippen molar-refractivity contribution in [2.45, 2.75) is 45.6 Å². The fourth-order valence-corrected chi connectivity index (χ4v) is 5.73. The van der Waals surface area contributed by atoms with Gasteiger partial charge in [0.05, 0.1) is 30.4 Å². The quantitative estimate of drug-likeness (QED) is 0.297. The van der Waals surface area contributed by atoms with Gasteiger partial charge in [0.1, 0.15) is 23.9 Å². The molecule has 36 heavy (non-hydrogen) atoms. The molecule has 1 aromatic heterocycles. The van der Waals surface area contributed by atoms with Crippen LogP contribution in [0.3, 0.4) is 0 Å². The minimum Gasteiger partial charge on any atom is -0.497 e. The van der Waals surface area contributed by atoms with Crippen molar-refractivity contribution in [3.05, 3.63) is 71.4 Å². The van der Waals surface area contributed by atoms with Crippen LogP contribution in [0.4, 0.5) is 4.39 Å². The molecule has 8 heteroatoms. The van der Waals surface area contributed by atoms with Crippen LogP contribution in [-0.4, -0.2) is 34.8 Å². The van der Waals surface area contributed by atoms with Gasteiger partial charge in [-0.05, 0) is 72.9 Å². The van der Waals surface area contributed by atoms with Crippen molar-refractivity contribution in [3.8, 4) is 22.8 Å². The summed E-state index contributed by atoms with van der Waals surface area (Å²) in [6.45, 7) is 5.81. The maximum absolute atomic E-state index is 14.7. The predicted molar refractivity (Wildman–Crippen MR) is 139 cm³/mol. The normalized spacial score (nSPS) is 16.0. The highest BCUT2D eigenvalue weighted by Gasteiger charge is 2.35. The molecule has 6 nitrogen and oxygen atoms in total. The summed E-state index contributed by atoms with van der Waals surface area (Å²) in [5, 5.41) is 0. The van der Waals surface area contributed by atoms with Gasteiger partial charge in [-0.1, -0.05) is 26.0 Å². The van der Waals surface area contributed by atoms with Gasteiger partial charge in [-0.3, -0.25) is 14.5 Å². The van der Waals surface area contributed by atoms with Gasteiger partial charge >= 0.3 is 0 Å². The summed E-state index contributed by atoms with van der Waals surface area (Å²) in [4.78, 5) is 19.3. The van der Waals surface area contributed by atoms with E-state index in [-0.39, 0.29) is 24.5 Å². The molecule has 2 aromatic carbocycles. The molecule has 0 radical (unpaired) electrons. The van der Waals surface area contributed by atoms with Gasteiger partial charge in [0, 0.05) is 18.4 Å². The van der Waals surface area contributed by atoms with Crippen LogP contribution >= 0.6 is 7.37 Å². The summed E-state index contributed by atoms with van der Waals surface area (Å²) < 4.78 is 38.1. The molecule has 2 atom stereocenters. The Hall–Kier alpha value is -2.76. The number of aromatic nitrogens is 2. The molecule has 1 aliphatic carbocycles. The van der Waals surface area contributed by atoms with Gasteiger partial charge in [0.2, 0.25) is 0 Å². The van der Waals surface area contributed by atoms with Crippen molar-refractivity contribution in [2.24, 2.45) is 11.8 Å². The number of methoxy groups -OCH3 is 1. The molecule has 1 fully saturated rings. The Bertz CT molecular complexity index is 1260. The van der Waals surface area contributed by atoms with Crippen molar-refractivity contribution < 1.29 is 23.3 Å². The summed E-state index contributed by atoms with van der Waals surface area (Å²) in [6.07, 6.45) is 4.72. The lowest BCUT2D eigenvalue weighted by atomic mass is 9.96. The van der Waals surface area contributed by atoms with Crippen LogP contribution in [-0.2, 0) is 17.6 Å². The summed E-state index contributed by atoms with van der Waals surface area (Å²) in [7, 11) is -1.58. The molecule has 192 valence electrons. The zero-order chi connectivity index (χ0) is 25.9. The highest BCUT2D eigenvalue weighted by Crippen LogP contribution is 2.50. The van der Waals surface area contributed by atoms with Crippen LogP contribution < -0.4 is 9.47 Å². The molecule has 1 N–H and O–H groups in total. The largest absolute Gasteiger partial charge is 0.497 e. The number of ether oxygens (including phenoxy) is 2. The maximum atomic E-state index is 14.7. The van der Waals surface area contributed by atoms with Gasteiger partial charge in [-0.2, -0.15) is 0 Å². The van der Waals surface area contributed by atoms with Crippen LogP contribution in [0.15, 0.2) is 48.7 Å². The summed E-state index contributed by atoms with van der Waals surface area (Å²) >= 11 is 0. The highest BCUT2D eigenvalue weighted by atomic mass is 31.2. The van der Waals surface area contributed by atoms with E-state index in [0.29, 0.717) is 52.4 Å². The van der Waals surface area contributed by atoms with Crippen LogP contribution in [0, 0.1) is 17.7 Å². The molecule has 1 saturated carbocycles. The van der Waals surface area contributed by atoms with Gasteiger partial charge in [0.25, 0.3) is 0 Å². The van der Waals surface area contributed by atoms with E-state index >= 15 is 0 Å². The third-order valence-corrected chi connectivity index (χ3v) is 7.40. The molecular formula is C28H34FN2O4P. The van der Waals surface area contributed by atoms with Gasteiger partial charge in [0.15, 0.2) is 7.37 Å². The molecule has 1 aliphatic rings. The number of halogens is 1. The van der Waals surface area contributed by atoms with Crippen LogP contribution in [0.1, 0.15) is 49.6 Å². The second-order valence-electron chi connectivity index (χ2n) is 10.1. The Labute approximate surface area is 212 Å². The van der Waals surface area contributed by atoms with E-state index in [4.69, 9.17) is 14.5 Å². The topological polar surface area (TPSA) is 81.5 Å². The summed E-state index contributed by atoms with van der Waals surface area (Å²) in [5.74, 6) is 1.68. The van der Waals surface area contributed by atoms with Crippen LogP contribution in [0.2, 0.25) is 0 Å². The first-order valence-corrected chi connectivity index (χ1v) is 14.6. The Morgan fingerprint density at radius 1 is 1.17 bits per heavy atom. The summed E-state index contributed by atoms with van der Waals surface area (Å²) in [6, 6.07) is 12.4. The van der Waals surface area contributed by atoms with Crippen LogP contribution in [0.5, 0.6) is 11.5 Å². The minimum absolute atomic E-state index is 0.0591. The SMILES string of the molecule is COc1ccc(F)c(-c2ncc(COc3cccc([C@@H](CP(C)(=O)O)C4CC4)c3)nc2CC(C)C)c1. The van der Waals surface area contributed by atoms with Crippen LogP contribution in [0.25, 0.3) is 11.3 Å². The lowest BCUT2D eigenvalue weighted by Gasteiger charge is -2.19. The second kappa shape index (κ2) is 11.1. The zero-order valence-electron chi connectivity index (χ0n) is 21.3. The molecule has 0 amide bonds. The highest BCUT2D eigenvalue weighted by molar-refractivity contribution is 7.57. The molecular weight excluding hydrogens is 478 g/mol. The molecule has 4 rings (SSSR count). The number of hydrogen-bond donors (Lipinski definition) is 1. The molecule has 0 aliphatic heterocycles. The number of hydrogen-bond acceptors (Lipinski definition) is 5. The third kappa shape index (κ3) is 6.92. The maximum Gasteiger partial charge on any atom is 0.198 e. The monoisotopic (exact) mass is 512 g/mol. The van der Waals surface area contributed by atoms with E-state index in [9.17, 15) is 13.8 Å². The van der Waals surface area contributed by atoms with Crippen molar-refractivity contribution in [1.29, 1.82) is 0 Å². The first-order chi connectivity index (χ1) is 17.1. The molecule has 1 unspecified atom stereocenters. The number of rotatable bonds is 11. The van der Waals surface area contributed by atoms with Gasteiger partial charge in [-0.15, -0.1) is 0 Å². The molecule has 0 spiro atoms. The average molecular weight is 513 g/mol. The van der Waals surface area contributed by atoms with Gasteiger partial charge in [-0.25, -0.2) is 4.39 Å². The Kier molecular flexibility index (Phi) is 8.11. The fraction of sp³-hybridized carbons (Fsp3) is 0.429. The van der Waals surface area contributed by atoms with Gasteiger partial charge < -0.3 is 14.4 Å². The molecule has 1 heterocycles. The lowest BCUT2D eigenvalue weighted by Crippen LogP contribution is -2.09. The molecule has 0 bridgehead atoms. The Morgan fingerprint density at radius 3 is 2.61 bits per heavy atom. The number of benzene rings is 2. The molecule has 3 aromatic rings. The first-order valence-electron chi connectivity index (χ1n) is 12.3. The van der Waals surface area contributed by atoms with Crippen molar-refractivity contribution >= 4 is 7.37 Å².